The van der Waals surface area contributed by atoms with Gasteiger partial charge in [0.15, 0.2) is 0 Å². The molecule has 6 heteroatoms. The Hall–Kier alpha value is -2.99. The summed E-state index contributed by atoms with van der Waals surface area (Å²) in [6, 6.07) is 14.5. The zero-order valence-corrected chi connectivity index (χ0v) is 15.6. The SMILES string of the molecule is Oc1ccc(F)c(CN2CCN(c3ncc(Cc4ccccc4)cn3)CC2)c1. The number of halogens is 1. The van der Waals surface area contributed by atoms with E-state index in [9.17, 15) is 9.50 Å². The highest BCUT2D eigenvalue weighted by atomic mass is 19.1. The molecule has 1 aliphatic heterocycles. The third kappa shape index (κ3) is 4.46. The number of phenols is 1. The summed E-state index contributed by atoms with van der Waals surface area (Å²) in [6.07, 6.45) is 4.61. The molecule has 2 heterocycles. The van der Waals surface area contributed by atoms with Gasteiger partial charge in [-0.25, -0.2) is 14.4 Å². The molecule has 1 saturated heterocycles. The van der Waals surface area contributed by atoms with Crippen LogP contribution in [0.15, 0.2) is 60.9 Å². The second kappa shape index (κ2) is 8.35. The smallest absolute Gasteiger partial charge is 0.225 e. The Kier molecular flexibility index (Phi) is 5.48. The lowest BCUT2D eigenvalue weighted by atomic mass is 10.1. The van der Waals surface area contributed by atoms with E-state index in [1.807, 2.05) is 30.6 Å². The third-order valence-electron chi connectivity index (χ3n) is 5.02. The number of rotatable bonds is 5. The predicted molar refractivity (Wildman–Crippen MR) is 107 cm³/mol. The van der Waals surface area contributed by atoms with Crippen LogP contribution >= 0.6 is 0 Å². The van der Waals surface area contributed by atoms with E-state index in [0.717, 1.165) is 44.1 Å². The molecule has 2 aromatic carbocycles. The normalized spacial score (nSPS) is 15.0. The van der Waals surface area contributed by atoms with Crippen molar-refractivity contribution in [2.45, 2.75) is 13.0 Å². The van der Waals surface area contributed by atoms with Crippen molar-refractivity contribution >= 4 is 5.95 Å². The Morgan fingerprint density at radius 3 is 2.32 bits per heavy atom. The molecule has 5 nitrogen and oxygen atoms in total. The number of benzene rings is 2. The van der Waals surface area contributed by atoms with Gasteiger partial charge in [0.25, 0.3) is 0 Å². The van der Waals surface area contributed by atoms with Gasteiger partial charge < -0.3 is 10.0 Å². The van der Waals surface area contributed by atoms with Crippen LogP contribution in [0.25, 0.3) is 0 Å². The molecule has 4 rings (SSSR count). The zero-order valence-electron chi connectivity index (χ0n) is 15.6. The molecular formula is C22H23FN4O. The van der Waals surface area contributed by atoms with Crippen molar-refractivity contribution in [2.24, 2.45) is 0 Å². The van der Waals surface area contributed by atoms with Crippen LogP contribution in [0.1, 0.15) is 16.7 Å². The first-order chi connectivity index (χ1) is 13.7. The lowest BCUT2D eigenvalue weighted by Gasteiger charge is -2.34. The monoisotopic (exact) mass is 378 g/mol. The predicted octanol–water partition coefficient (Wildman–Crippen LogP) is 3.23. The second-order valence-electron chi connectivity index (χ2n) is 7.09. The second-order valence-corrected chi connectivity index (χ2v) is 7.09. The minimum Gasteiger partial charge on any atom is -0.508 e. The van der Waals surface area contributed by atoms with E-state index in [1.165, 1.54) is 23.8 Å². The maximum absolute atomic E-state index is 13.9. The molecule has 144 valence electrons. The van der Waals surface area contributed by atoms with Crippen molar-refractivity contribution in [3.8, 4) is 5.75 Å². The summed E-state index contributed by atoms with van der Waals surface area (Å²) in [6.45, 7) is 3.66. The van der Waals surface area contributed by atoms with Crippen molar-refractivity contribution in [1.29, 1.82) is 0 Å². The zero-order chi connectivity index (χ0) is 19.3. The summed E-state index contributed by atoms with van der Waals surface area (Å²) in [5, 5.41) is 9.56. The molecule has 3 aromatic rings. The first-order valence-electron chi connectivity index (χ1n) is 9.47. The molecule has 0 spiro atoms. The van der Waals surface area contributed by atoms with E-state index in [1.54, 1.807) is 0 Å². The molecule has 1 fully saturated rings. The third-order valence-corrected chi connectivity index (χ3v) is 5.02. The van der Waals surface area contributed by atoms with Crippen LogP contribution in [0.4, 0.5) is 10.3 Å². The molecule has 0 unspecified atom stereocenters. The summed E-state index contributed by atoms with van der Waals surface area (Å²) in [5.41, 5.74) is 2.86. The minimum absolute atomic E-state index is 0.0963. The topological polar surface area (TPSA) is 52.5 Å². The molecule has 0 saturated carbocycles. The Morgan fingerprint density at radius 2 is 1.61 bits per heavy atom. The fourth-order valence-electron chi connectivity index (χ4n) is 3.46. The van der Waals surface area contributed by atoms with Gasteiger partial charge in [0, 0.05) is 57.1 Å². The summed E-state index contributed by atoms with van der Waals surface area (Å²) in [7, 11) is 0. The number of hydrogen-bond acceptors (Lipinski definition) is 5. The molecule has 0 amide bonds. The van der Waals surface area contributed by atoms with E-state index in [2.05, 4.69) is 31.9 Å². The maximum atomic E-state index is 13.9. The number of hydrogen-bond donors (Lipinski definition) is 1. The summed E-state index contributed by atoms with van der Waals surface area (Å²) >= 11 is 0. The van der Waals surface area contributed by atoms with Crippen LogP contribution in [-0.2, 0) is 13.0 Å². The Morgan fingerprint density at radius 1 is 0.893 bits per heavy atom. The highest BCUT2D eigenvalue weighted by Gasteiger charge is 2.20. The van der Waals surface area contributed by atoms with Crippen molar-refractivity contribution in [1.82, 2.24) is 14.9 Å². The molecular weight excluding hydrogens is 355 g/mol. The van der Waals surface area contributed by atoms with Crippen LogP contribution in [0.3, 0.4) is 0 Å². The van der Waals surface area contributed by atoms with Gasteiger partial charge in [-0.3, -0.25) is 4.90 Å². The van der Waals surface area contributed by atoms with Gasteiger partial charge in [0.2, 0.25) is 5.95 Å². The summed E-state index contributed by atoms with van der Waals surface area (Å²) < 4.78 is 13.9. The molecule has 0 atom stereocenters. The lowest BCUT2D eigenvalue weighted by molar-refractivity contribution is 0.245. The van der Waals surface area contributed by atoms with Crippen LogP contribution in [-0.4, -0.2) is 46.2 Å². The Balaban J connectivity index is 1.33. The standard InChI is InChI=1S/C22H23FN4O/c23-21-7-6-20(28)13-19(21)16-26-8-10-27(11-9-26)22-24-14-18(15-25-22)12-17-4-2-1-3-5-17/h1-7,13-15,28H,8-12,16H2. The summed E-state index contributed by atoms with van der Waals surface area (Å²) in [4.78, 5) is 13.4. The van der Waals surface area contributed by atoms with Gasteiger partial charge in [-0.15, -0.1) is 0 Å². The van der Waals surface area contributed by atoms with Crippen molar-refractivity contribution in [3.05, 3.63) is 83.4 Å². The van der Waals surface area contributed by atoms with Crippen molar-refractivity contribution in [2.75, 3.05) is 31.1 Å². The van der Waals surface area contributed by atoms with E-state index >= 15 is 0 Å². The first-order valence-corrected chi connectivity index (χ1v) is 9.47. The van der Waals surface area contributed by atoms with Crippen LogP contribution in [0.2, 0.25) is 0 Å². The Labute approximate surface area is 164 Å². The molecule has 1 N–H and O–H groups in total. The van der Waals surface area contributed by atoms with Crippen LogP contribution in [0, 0.1) is 5.82 Å². The van der Waals surface area contributed by atoms with Gasteiger partial charge in [-0.05, 0) is 29.3 Å². The van der Waals surface area contributed by atoms with Crippen LogP contribution < -0.4 is 4.90 Å². The number of anilines is 1. The fraction of sp³-hybridized carbons (Fsp3) is 0.273. The molecule has 1 aliphatic rings. The van der Waals surface area contributed by atoms with E-state index in [-0.39, 0.29) is 11.6 Å². The fourth-order valence-corrected chi connectivity index (χ4v) is 3.46. The first kappa shape index (κ1) is 18.4. The largest absolute Gasteiger partial charge is 0.508 e. The highest BCUT2D eigenvalue weighted by molar-refractivity contribution is 5.33. The molecule has 0 radical (unpaired) electrons. The molecule has 28 heavy (non-hydrogen) atoms. The molecule has 0 bridgehead atoms. The number of phenolic OH excluding ortho intramolecular Hbond substituents is 1. The van der Waals surface area contributed by atoms with E-state index < -0.39 is 0 Å². The lowest BCUT2D eigenvalue weighted by Crippen LogP contribution is -2.46. The quantitative estimate of drug-likeness (QED) is 0.739. The van der Waals surface area contributed by atoms with Crippen LogP contribution in [0.5, 0.6) is 5.75 Å². The number of aromatic nitrogens is 2. The van der Waals surface area contributed by atoms with Crippen molar-refractivity contribution in [3.63, 3.8) is 0 Å². The number of nitrogens with zero attached hydrogens (tertiary/aromatic N) is 4. The average Bonchev–Trinajstić information content (AvgIpc) is 2.73. The van der Waals surface area contributed by atoms with E-state index in [4.69, 9.17) is 0 Å². The van der Waals surface area contributed by atoms with Gasteiger partial charge in [0.05, 0.1) is 0 Å². The Bertz CT molecular complexity index is 910. The number of aromatic hydroxyl groups is 1. The van der Waals surface area contributed by atoms with Gasteiger partial charge in [-0.2, -0.15) is 0 Å². The number of piperazine rings is 1. The minimum atomic E-state index is -0.280. The van der Waals surface area contributed by atoms with Crippen molar-refractivity contribution < 1.29 is 9.50 Å². The van der Waals surface area contributed by atoms with Gasteiger partial charge >= 0.3 is 0 Å². The highest BCUT2D eigenvalue weighted by Crippen LogP contribution is 2.19. The van der Waals surface area contributed by atoms with Gasteiger partial charge in [-0.1, -0.05) is 30.3 Å². The van der Waals surface area contributed by atoms with E-state index in [0.29, 0.717) is 12.1 Å². The molecule has 1 aromatic heterocycles. The average molecular weight is 378 g/mol. The maximum Gasteiger partial charge on any atom is 0.225 e. The van der Waals surface area contributed by atoms with Gasteiger partial charge in [0.1, 0.15) is 11.6 Å². The molecule has 0 aliphatic carbocycles. The summed E-state index contributed by atoms with van der Waals surface area (Å²) in [5.74, 6) is 0.552.